The van der Waals surface area contributed by atoms with E-state index in [1.165, 1.54) is 23.9 Å². The third-order valence-corrected chi connectivity index (χ3v) is 3.53. The van der Waals surface area contributed by atoms with Crippen LogP contribution in [0.4, 0.5) is 5.69 Å². The van der Waals surface area contributed by atoms with E-state index in [0.717, 1.165) is 0 Å². The highest BCUT2D eigenvalue weighted by atomic mass is 32.2. The van der Waals surface area contributed by atoms with Crippen LogP contribution in [-0.2, 0) is 4.79 Å². The monoisotopic (exact) mass is 312 g/mol. The van der Waals surface area contributed by atoms with Crippen molar-refractivity contribution in [3.8, 4) is 0 Å². The first-order chi connectivity index (χ1) is 9.95. The number of aliphatic carboxylic acids is 1. The highest BCUT2D eigenvalue weighted by Crippen LogP contribution is 2.28. The molecule has 0 unspecified atom stereocenters. The van der Waals surface area contributed by atoms with Crippen LogP contribution in [0.15, 0.2) is 23.1 Å². The number of nitrogens with zero attached hydrogens (tertiary/aromatic N) is 1. The first-order valence-corrected chi connectivity index (χ1v) is 7.50. The zero-order valence-corrected chi connectivity index (χ0v) is 12.3. The van der Waals surface area contributed by atoms with Gasteiger partial charge in [-0.1, -0.05) is 0 Å². The molecule has 1 aromatic carbocycles. The summed E-state index contributed by atoms with van der Waals surface area (Å²) in [5.41, 5.74) is 0.124. The summed E-state index contributed by atoms with van der Waals surface area (Å²) in [5.74, 6) is -1.27. The van der Waals surface area contributed by atoms with Gasteiger partial charge in [0.25, 0.3) is 11.6 Å². The lowest BCUT2D eigenvalue weighted by molar-refractivity contribution is -0.387. The largest absolute Gasteiger partial charge is 0.481 e. The number of unbranched alkanes of at least 4 members (excludes halogenated alkanes) is 1. The molecule has 0 heterocycles. The Labute approximate surface area is 125 Å². The molecule has 1 rings (SSSR count). The summed E-state index contributed by atoms with van der Waals surface area (Å²) >= 11 is 1.24. The van der Waals surface area contributed by atoms with Crippen molar-refractivity contribution < 1.29 is 19.6 Å². The van der Waals surface area contributed by atoms with E-state index in [9.17, 15) is 19.7 Å². The van der Waals surface area contributed by atoms with Gasteiger partial charge in [0.15, 0.2) is 0 Å². The van der Waals surface area contributed by atoms with Gasteiger partial charge in [0.05, 0.1) is 9.82 Å². The molecule has 0 saturated carbocycles. The third kappa shape index (κ3) is 5.42. The lowest BCUT2D eigenvalue weighted by atomic mass is 10.2. The van der Waals surface area contributed by atoms with Crippen LogP contribution in [0.1, 0.15) is 29.6 Å². The molecule has 114 valence electrons. The summed E-state index contributed by atoms with van der Waals surface area (Å²) in [7, 11) is 0. The number of hydrogen-bond acceptors (Lipinski definition) is 5. The number of thioether (sulfide) groups is 1. The molecule has 2 N–H and O–H groups in total. The van der Waals surface area contributed by atoms with Crippen molar-refractivity contribution in [3.05, 3.63) is 33.9 Å². The van der Waals surface area contributed by atoms with Gasteiger partial charge in [0.1, 0.15) is 0 Å². The Balaban J connectivity index is 2.60. The molecule has 0 radical (unpaired) electrons. The average Bonchev–Trinajstić information content (AvgIpc) is 2.45. The SMILES string of the molecule is CSc1ccc(C(=O)NCCCCC(=O)O)cc1[N+](=O)[O-]. The Bertz CT molecular complexity index is 547. The van der Waals surface area contributed by atoms with Crippen LogP contribution in [-0.4, -0.2) is 34.7 Å². The fraction of sp³-hybridized carbons (Fsp3) is 0.385. The van der Waals surface area contributed by atoms with Gasteiger partial charge < -0.3 is 10.4 Å². The van der Waals surface area contributed by atoms with Crippen LogP contribution < -0.4 is 5.32 Å². The molecule has 8 heteroatoms. The molecular weight excluding hydrogens is 296 g/mol. The molecule has 21 heavy (non-hydrogen) atoms. The molecule has 0 aliphatic carbocycles. The van der Waals surface area contributed by atoms with E-state index in [2.05, 4.69) is 5.32 Å². The number of amides is 1. The summed E-state index contributed by atoms with van der Waals surface area (Å²) in [6, 6.07) is 4.33. The second-order valence-corrected chi connectivity index (χ2v) is 5.10. The molecule has 0 aliphatic rings. The van der Waals surface area contributed by atoms with Gasteiger partial charge >= 0.3 is 5.97 Å². The van der Waals surface area contributed by atoms with E-state index in [0.29, 0.717) is 24.3 Å². The highest BCUT2D eigenvalue weighted by molar-refractivity contribution is 7.98. The molecule has 0 spiro atoms. The lowest BCUT2D eigenvalue weighted by Crippen LogP contribution is -2.24. The van der Waals surface area contributed by atoms with Crippen molar-refractivity contribution in [3.63, 3.8) is 0 Å². The smallest absolute Gasteiger partial charge is 0.303 e. The summed E-state index contributed by atoms with van der Waals surface area (Å²) in [4.78, 5) is 33.1. The van der Waals surface area contributed by atoms with E-state index in [4.69, 9.17) is 5.11 Å². The molecule has 0 bridgehead atoms. The van der Waals surface area contributed by atoms with Crippen LogP contribution in [0.2, 0.25) is 0 Å². The maximum absolute atomic E-state index is 11.9. The molecule has 1 amide bonds. The Morgan fingerprint density at radius 2 is 2.10 bits per heavy atom. The molecule has 0 atom stereocenters. The Hall–Kier alpha value is -2.09. The van der Waals surface area contributed by atoms with Crippen LogP contribution in [0.5, 0.6) is 0 Å². The third-order valence-electron chi connectivity index (χ3n) is 2.74. The fourth-order valence-corrected chi connectivity index (χ4v) is 2.23. The van der Waals surface area contributed by atoms with Crippen molar-refractivity contribution in [2.45, 2.75) is 24.2 Å². The quantitative estimate of drug-likeness (QED) is 0.330. The van der Waals surface area contributed by atoms with E-state index in [1.54, 1.807) is 12.3 Å². The topological polar surface area (TPSA) is 110 Å². The Morgan fingerprint density at radius 3 is 2.67 bits per heavy atom. The number of nitro groups is 1. The predicted molar refractivity (Wildman–Crippen MR) is 78.7 cm³/mol. The van der Waals surface area contributed by atoms with E-state index in [-0.39, 0.29) is 17.7 Å². The van der Waals surface area contributed by atoms with Gasteiger partial charge in [-0.15, -0.1) is 11.8 Å². The predicted octanol–water partition coefficient (Wildman–Crippen LogP) is 2.30. The Morgan fingerprint density at radius 1 is 1.38 bits per heavy atom. The molecule has 0 aromatic heterocycles. The van der Waals surface area contributed by atoms with Gasteiger partial charge in [-0.2, -0.15) is 0 Å². The minimum absolute atomic E-state index is 0.0593. The zero-order valence-electron chi connectivity index (χ0n) is 11.5. The van der Waals surface area contributed by atoms with Crippen LogP contribution in [0, 0.1) is 10.1 Å². The summed E-state index contributed by atoms with van der Waals surface area (Å²) < 4.78 is 0. The van der Waals surface area contributed by atoms with E-state index < -0.39 is 16.8 Å². The van der Waals surface area contributed by atoms with Gasteiger partial charge in [0.2, 0.25) is 0 Å². The zero-order chi connectivity index (χ0) is 15.8. The summed E-state index contributed by atoms with van der Waals surface area (Å²) in [5, 5.41) is 22.0. The average molecular weight is 312 g/mol. The molecular formula is C13H16N2O5S. The maximum Gasteiger partial charge on any atom is 0.303 e. The second kappa shape index (κ2) is 8.25. The van der Waals surface area contributed by atoms with E-state index in [1.807, 2.05) is 0 Å². The maximum atomic E-state index is 11.9. The van der Waals surface area contributed by atoms with Crippen LogP contribution in [0.25, 0.3) is 0 Å². The number of carboxylic acid groups (broad SMARTS) is 1. The molecule has 1 aromatic rings. The van der Waals surface area contributed by atoms with Crippen LogP contribution in [0.3, 0.4) is 0 Å². The Kier molecular flexibility index (Phi) is 6.67. The number of benzene rings is 1. The summed E-state index contributed by atoms with van der Waals surface area (Å²) in [6.45, 7) is 0.337. The van der Waals surface area contributed by atoms with E-state index >= 15 is 0 Å². The number of carbonyl (C=O) groups is 2. The van der Waals surface area contributed by atoms with Crippen molar-refractivity contribution in [2.24, 2.45) is 0 Å². The van der Waals surface area contributed by atoms with Gasteiger partial charge in [-0.3, -0.25) is 19.7 Å². The van der Waals surface area contributed by atoms with Gasteiger partial charge in [-0.05, 0) is 31.2 Å². The van der Waals surface area contributed by atoms with Gasteiger partial charge in [-0.25, -0.2) is 0 Å². The highest BCUT2D eigenvalue weighted by Gasteiger charge is 2.16. The standard InChI is InChI=1S/C13H16N2O5S/c1-21-11-6-5-9(8-10(11)15(19)20)13(18)14-7-3-2-4-12(16)17/h5-6,8H,2-4,7H2,1H3,(H,14,18)(H,16,17). The number of hydrogen-bond donors (Lipinski definition) is 2. The minimum atomic E-state index is -0.871. The number of nitrogens with one attached hydrogen (secondary N) is 1. The second-order valence-electron chi connectivity index (χ2n) is 4.25. The van der Waals surface area contributed by atoms with Gasteiger partial charge in [0, 0.05) is 24.6 Å². The summed E-state index contributed by atoms with van der Waals surface area (Å²) in [6.07, 6.45) is 2.80. The number of carbonyl (C=O) groups excluding carboxylic acids is 1. The van der Waals surface area contributed by atoms with Crippen molar-refractivity contribution in [2.75, 3.05) is 12.8 Å². The minimum Gasteiger partial charge on any atom is -0.481 e. The van der Waals surface area contributed by atoms with Crippen molar-refractivity contribution >= 4 is 29.3 Å². The first kappa shape index (κ1) is 17.0. The van der Waals surface area contributed by atoms with Crippen molar-refractivity contribution in [1.29, 1.82) is 0 Å². The number of nitro benzene ring substituents is 1. The number of carboxylic acids is 1. The molecule has 0 saturated heterocycles. The first-order valence-electron chi connectivity index (χ1n) is 6.28. The van der Waals surface area contributed by atoms with Crippen molar-refractivity contribution in [1.82, 2.24) is 5.32 Å². The molecule has 7 nitrogen and oxygen atoms in total. The normalized spacial score (nSPS) is 10.1. The molecule has 0 aliphatic heterocycles. The lowest BCUT2D eigenvalue weighted by Gasteiger charge is -2.06. The molecule has 0 fully saturated rings. The van der Waals surface area contributed by atoms with Crippen LogP contribution >= 0.6 is 11.8 Å². The number of rotatable bonds is 8. The fourth-order valence-electron chi connectivity index (χ4n) is 1.68.